The number of aliphatic hydroxyl groups is 1. The minimum atomic E-state index is -4.00. The third kappa shape index (κ3) is 6.23. The lowest BCUT2D eigenvalue weighted by atomic mass is 10.3. The molecule has 13 heteroatoms. The quantitative estimate of drug-likeness (QED) is 0.304. The van der Waals surface area contributed by atoms with E-state index in [4.69, 9.17) is 17.3 Å². The van der Waals surface area contributed by atoms with Gasteiger partial charge in [-0.25, -0.2) is 13.4 Å². The summed E-state index contributed by atoms with van der Waals surface area (Å²) in [6, 6.07) is 9.33. The van der Waals surface area contributed by atoms with Crippen LogP contribution in [0.15, 0.2) is 53.6 Å². The first-order valence-corrected chi connectivity index (χ1v) is 11.4. The molecule has 0 bridgehead atoms. The maximum Gasteiger partial charge on any atom is 0.241 e. The monoisotopic (exact) mass is 479 g/mol. The Balaban J connectivity index is 1.49. The van der Waals surface area contributed by atoms with Crippen LogP contribution in [-0.2, 0) is 21.4 Å². The number of amides is 1. The Morgan fingerprint density at radius 3 is 2.62 bits per heavy atom. The van der Waals surface area contributed by atoms with Crippen LogP contribution in [0.2, 0.25) is 5.02 Å². The fourth-order valence-corrected chi connectivity index (χ4v) is 4.05. The second-order valence-corrected chi connectivity index (χ2v) is 8.92. The van der Waals surface area contributed by atoms with Crippen LogP contribution >= 0.6 is 11.6 Å². The van der Waals surface area contributed by atoms with Gasteiger partial charge in [-0.05, 0) is 42.8 Å². The van der Waals surface area contributed by atoms with Crippen molar-refractivity contribution in [1.82, 2.24) is 30.0 Å². The average Bonchev–Trinajstić information content (AvgIpc) is 3.24. The highest BCUT2D eigenvalue weighted by atomic mass is 35.5. The predicted molar refractivity (Wildman–Crippen MR) is 118 cm³/mol. The number of hydrogen-bond acceptors (Lipinski definition) is 8. The fraction of sp³-hybridized carbons (Fsp3) is 0.263. The third-order valence-electron chi connectivity index (χ3n) is 4.36. The molecule has 0 aliphatic heterocycles. The molecule has 32 heavy (non-hydrogen) atoms. The molecular weight excluding hydrogens is 458 g/mol. The van der Waals surface area contributed by atoms with E-state index in [9.17, 15) is 18.3 Å². The van der Waals surface area contributed by atoms with E-state index in [-0.39, 0.29) is 11.4 Å². The van der Waals surface area contributed by atoms with Crippen LogP contribution in [0.4, 0.5) is 5.82 Å². The van der Waals surface area contributed by atoms with Crippen molar-refractivity contribution in [3.63, 3.8) is 0 Å². The van der Waals surface area contributed by atoms with Crippen molar-refractivity contribution in [3.05, 3.63) is 53.7 Å². The van der Waals surface area contributed by atoms with Gasteiger partial charge in [0.25, 0.3) is 0 Å². The lowest BCUT2D eigenvalue weighted by molar-refractivity contribution is -0.123. The summed E-state index contributed by atoms with van der Waals surface area (Å²) in [6.07, 6.45) is 2.21. The van der Waals surface area contributed by atoms with E-state index in [1.54, 1.807) is 29.1 Å². The van der Waals surface area contributed by atoms with Crippen LogP contribution in [0.5, 0.6) is 0 Å². The molecule has 1 atom stereocenters. The summed E-state index contributed by atoms with van der Waals surface area (Å²) in [4.78, 5) is 16.4. The number of carbonyl (C=O) groups excluding carboxylic acids is 1. The number of pyridine rings is 1. The van der Waals surface area contributed by atoms with E-state index in [2.05, 4.69) is 25.3 Å². The van der Waals surface area contributed by atoms with Gasteiger partial charge in [0.2, 0.25) is 15.9 Å². The van der Waals surface area contributed by atoms with Crippen LogP contribution in [0, 0.1) is 0 Å². The van der Waals surface area contributed by atoms with Gasteiger partial charge in [0.05, 0.1) is 23.4 Å². The van der Waals surface area contributed by atoms with Gasteiger partial charge in [0.15, 0.2) is 0 Å². The molecule has 1 amide bonds. The molecule has 0 radical (unpaired) electrons. The second kappa shape index (κ2) is 10.5. The number of aromatic nitrogens is 4. The van der Waals surface area contributed by atoms with E-state index in [0.29, 0.717) is 35.2 Å². The van der Waals surface area contributed by atoms with Gasteiger partial charge in [-0.15, -0.1) is 5.10 Å². The van der Waals surface area contributed by atoms with E-state index in [1.807, 2.05) is 0 Å². The van der Waals surface area contributed by atoms with Crippen LogP contribution in [0.3, 0.4) is 0 Å². The maximum absolute atomic E-state index is 12.4. The molecule has 0 saturated heterocycles. The average molecular weight is 480 g/mol. The zero-order valence-electron chi connectivity index (χ0n) is 16.8. The molecule has 5 N–H and O–H groups in total. The number of halogens is 1. The van der Waals surface area contributed by atoms with Crippen molar-refractivity contribution in [2.45, 2.75) is 23.9 Å². The molecule has 0 saturated carbocycles. The number of hydrogen-bond donors (Lipinski definition) is 4. The number of carbonyl (C=O) groups is 1. The van der Waals surface area contributed by atoms with Crippen molar-refractivity contribution in [3.8, 4) is 11.4 Å². The molecule has 3 rings (SSSR count). The molecule has 2 heterocycles. The van der Waals surface area contributed by atoms with Crippen LogP contribution in [-0.4, -0.2) is 58.6 Å². The van der Waals surface area contributed by atoms with Gasteiger partial charge in [-0.1, -0.05) is 22.9 Å². The fourth-order valence-electron chi connectivity index (χ4n) is 2.74. The Kier molecular flexibility index (Phi) is 7.75. The number of benzene rings is 1. The normalized spacial score (nSPS) is 12.4. The summed E-state index contributed by atoms with van der Waals surface area (Å²) < 4.78 is 28.6. The lowest BCUT2D eigenvalue weighted by Crippen LogP contribution is -2.49. The molecule has 0 aliphatic carbocycles. The highest BCUT2D eigenvalue weighted by Gasteiger charge is 2.25. The minimum Gasteiger partial charge on any atom is -0.394 e. The molecule has 0 spiro atoms. The van der Waals surface area contributed by atoms with Gasteiger partial charge >= 0.3 is 0 Å². The molecule has 1 aromatic carbocycles. The van der Waals surface area contributed by atoms with Crippen molar-refractivity contribution in [2.24, 2.45) is 0 Å². The number of aryl methyl sites for hydroxylation is 1. The number of aliphatic hydroxyl groups excluding tert-OH is 1. The zero-order valence-corrected chi connectivity index (χ0v) is 18.4. The SMILES string of the molecule is Nc1cccc(-c2cn(CCCNC(=O)C(CO)NS(=O)(=O)c3ccc(Cl)cc3)nn2)n1. The summed E-state index contributed by atoms with van der Waals surface area (Å²) in [5.41, 5.74) is 6.84. The van der Waals surface area contributed by atoms with Crippen LogP contribution in [0.1, 0.15) is 6.42 Å². The van der Waals surface area contributed by atoms with Crippen molar-refractivity contribution < 1.29 is 18.3 Å². The molecule has 11 nitrogen and oxygen atoms in total. The van der Waals surface area contributed by atoms with Gasteiger partial charge < -0.3 is 16.2 Å². The third-order valence-corrected chi connectivity index (χ3v) is 6.09. The highest BCUT2D eigenvalue weighted by molar-refractivity contribution is 7.89. The Bertz CT molecular complexity index is 1170. The van der Waals surface area contributed by atoms with Gasteiger partial charge in [-0.3, -0.25) is 9.48 Å². The summed E-state index contributed by atoms with van der Waals surface area (Å²) in [7, 11) is -4.00. The van der Waals surface area contributed by atoms with E-state index in [0.717, 1.165) is 0 Å². The Morgan fingerprint density at radius 2 is 1.94 bits per heavy atom. The summed E-state index contributed by atoms with van der Waals surface area (Å²) >= 11 is 5.76. The van der Waals surface area contributed by atoms with Crippen LogP contribution < -0.4 is 15.8 Å². The van der Waals surface area contributed by atoms with E-state index >= 15 is 0 Å². The number of nitrogen functional groups attached to an aromatic ring is 1. The summed E-state index contributed by atoms with van der Waals surface area (Å²) in [6.45, 7) is -0.00206. The maximum atomic E-state index is 12.4. The number of sulfonamides is 1. The Labute approximate surface area is 189 Å². The number of rotatable bonds is 10. The second-order valence-electron chi connectivity index (χ2n) is 6.77. The number of nitrogens with zero attached hydrogens (tertiary/aromatic N) is 4. The first-order valence-electron chi connectivity index (χ1n) is 9.58. The Morgan fingerprint density at radius 1 is 1.19 bits per heavy atom. The van der Waals surface area contributed by atoms with Crippen molar-refractivity contribution in [1.29, 1.82) is 0 Å². The molecule has 0 fully saturated rings. The molecule has 2 aromatic heterocycles. The molecule has 1 unspecified atom stereocenters. The highest BCUT2D eigenvalue weighted by Crippen LogP contribution is 2.15. The Hall–Kier alpha value is -3.06. The summed E-state index contributed by atoms with van der Waals surface area (Å²) in [5, 5.41) is 20.5. The van der Waals surface area contributed by atoms with Gasteiger partial charge in [-0.2, -0.15) is 4.72 Å². The molecule has 170 valence electrons. The minimum absolute atomic E-state index is 0.0650. The predicted octanol–water partition coefficient (Wildman–Crippen LogP) is 0.421. The number of anilines is 1. The summed E-state index contributed by atoms with van der Waals surface area (Å²) in [5.74, 6) is -0.266. The zero-order chi connectivity index (χ0) is 23.1. The molecular formula is C19H22ClN7O4S. The van der Waals surface area contributed by atoms with Gasteiger partial charge in [0.1, 0.15) is 17.6 Å². The van der Waals surface area contributed by atoms with E-state index < -0.39 is 28.6 Å². The lowest BCUT2D eigenvalue weighted by Gasteiger charge is -2.16. The standard InChI is InChI=1S/C19H22ClN7O4S/c20-13-5-7-14(8-6-13)32(30,31)25-17(12-28)19(29)22-9-2-10-27-11-16(24-26-27)15-3-1-4-18(21)23-15/h1,3-8,11,17,25,28H,2,9-10,12H2,(H2,21,23)(H,22,29). The van der Waals surface area contributed by atoms with Crippen molar-refractivity contribution >= 4 is 33.3 Å². The number of nitrogens with one attached hydrogen (secondary N) is 2. The number of nitrogens with two attached hydrogens (primary N) is 1. The molecule has 3 aromatic rings. The molecule has 0 aliphatic rings. The largest absolute Gasteiger partial charge is 0.394 e. The smallest absolute Gasteiger partial charge is 0.241 e. The van der Waals surface area contributed by atoms with Crippen molar-refractivity contribution in [2.75, 3.05) is 18.9 Å². The first kappa shape index (κ1) is 23.6. The van der Waals surface area contributed by atoms with Gasteiger partial charge in [0, 0.05) is 18.1 Å². The van der Waals surface area contributed by atoms with Crippen LogP contribution in [0.25, 0.3) is 11.4 Å². The van der Waals surface area contributed by atoms with E-state index in [1.165, 1.54) is 24.3 Å². The topological polar surface area (TPSA) is 165 Å². The first-order chi connectivity index (χ1) is 15.3.